The van der Waals surface area contributed by atoms with E-state index in [0.29, 0.717) is 5.75 Å². The minimum atomic E-state index is -0.825. The van der Waals surface area contributed by atoms with E-state index in [9.17, 15) is 14.4 Å². The van der Waals surface area contributed by atoms with Crippen molar-refractivity contribution in [3.8, 4) is 5.75 Å². The van der Waals surface area contributed by atoms with E-state index < -0.39 is 35.8 Å². The first-order valence-electron chi connectivity index (χ1n) is 6.89. The maximum Gasteiger partial charge on any atom is 0.323 e. The summed E-state index contributed by atoms with van der Waals surface area (Å²) in [6, 6.07) is 5.91. The number of hydrogen-bond donors (Lipinski definition) is 2. The molecule has 22 heavy (non-hydrogen) atoms. The molecule has 0 aliphatic carbocycles. The van der Waals surface area contributed by atoms with Gasteiger partial charge in [-0.1, -0.05) is 12.1 Å². The Hall–Kier alpha value is -2.41. The van der Waals surface area contributed by atoms with Gasteiger partial charge in [-0.2, -0.15) is 0 Å². The lowest BCUT2D eigenvalue weighted by Crippen LogP contribution is -2.42. The number of hydrogen-bond acceptors (Lipinski definition) is 6. The largest absolute Gasteiger partial charge is 0.497 e. The lowest BCUT2D eigenvalue weighted by Gasteiger charge is -2.17. The van der Waals surface area contributed by atoms with E-state index in [4.69, 9.17) is 9.47 Å². The average molecular weight is 304 g/mol. The normalized spacial score (nSPS) is 29.9. The zero-order valence-corrected chi connectivity index (χ0v) is 12.2. The van der Waals surface area contributed by atoms with Gasteiger partial charge in [-0.05, 0) is 17.7 Å². The van der Waals surface area contributed by atoms with Gasteiger partial charge < -0.3 is 9.47 Å². The molecule has 2 aliphatic rings. The Morgan fingerprint density at radius 3 is 2.27 bits per heavy atom. The molecule has 0 radical (unpaired) electrons. The topological polar surface area (TPSA) is 93.7 Å². The van der Waals surface area contributed by atoms with Gasteiger partial charge in [0.1, 0.15) is 11.8 Å². The van der Waals surface area contributed by atoms with Crippen LogP contribution in [0.4, 0.5) is 0 Å². The molecule has 2 fully saturated rings. The number of ether oxygens (including phenoxy) is 2. The average Bonchev–Trinajstić information content (AvgIpc) is 3.06. The van der Waals surface area contributed by atoms with E-state index in [0.717, 1.165) is 5.56 Å². The van der Waals surface area contributed by atoms with Crippen LogP contribution in [0.1, 0.15) is 11.6 Å². The number of methoxy groups -OCH3 is 2. The second kappa shape index (κ2) is 5.42. The number of benzene rings is 1. The van der Waals surface area contributed by atoms with Gasteiger partial charge >= 0.3 is 5.97 Å². The number of fused-ring (bicyclic) bond motifs is 1. The number of esters is 1. The Labute approximate surface area is 127 Å². The predicted molar refractivity (Wildman–Crippen MR) is 74.8 cm³/mol. The van der Waals surface area contributed by atoms with Crippen molar-refractivity contribution in [3.05, 3.63) is 29.8 Å². The molecule has 2 N–H and O–H groups in total. The highest BCUT2D eigenvalue weighted by Crippen LogP contribution is 2.41. The smallest absolute Gasteiger partial charge is 0.323 e. The van der Waals surface area contributed by atoms with Crippen LogP contribution in [0.15, 0.2) is 24.3 Å². The van der Waals surface area contributed by atoms with Crippen molar-refractivity contribution in [1.29, 1.82) is 0 Å². The van der Waals surface area contributed by atoms with Crippen LogP contribution in [-0.4, -0.2) is 38.0 Å². The van der Waals surface area contributed by atoms with Crippen molar-refractivity contribution in [2.24, 2.45) is 11.8 Å². The molecule has 2 saturated heterocycles. The Morgan fingerprint density at radius 1 is 1.05 bits per heavy atom. The SMILES string of the molecule is COC(=O)[C@H]1N[C@@H](c2ccc(OC)cc2)[C@@H]2C(=O)NC(=O)[C@@H]21. The third-order valence-electron chi connectivity index (χ3n) is 4.25. The summed E-state index contributed by atoms with van der Waals surface area (Å²) in [5.74, 6) is -2.02. The summed E-state index contributed by atoms with van der Waals surface area (Å²) in [5.41, 5.74) is 0.812. The molecule has 0 unspecified atom stereocenters. The van der Waals surface area contributed by atoms with Crippen LogP contribution in [0.3, 0.4) is 0 Å². The summed E-state index contributed by atoms with van der Waals surface area (Å²) in [4.78, 5) is 35.9. The highest BCUT2D eigenvalue weighted by Gasteiger charge is 2.58. The third-order valence-corrected chi connectivity index (χ3v) is 4.25. The first kappa shape index (κ1) is 14.5. The second-order valence-electron chi connectivity index (χ2n) is 5.32. The van der Waals surface area contributed by atoms with Crippen LogP contribution in [0.25, 0.3) is 0 Å². The summed E-state index contributed by atoms with van der Waals surface area (Å²) in [7, 11) is 2.82. The van der Waals surface area contributed by atoms with Crippen molar-refractivity contribution in [1.82, 2.24) is 10.6 Å². The molecule has 2 aliphatic heterocycles. The number of amides is 2. The number of carbonyl (C=O) groups excluding carboxylic acids is 3. The zero-order valence-electron chi connectivity index (χ0n) is 12.2. The lowest BCUT2D eigenvalue weighted by atomic mass is 9.86. The number of imide groups is 1. The lowest BCUT2D eigenvalue weighted by molar-refractivity contribution is -0.145. The van der Waals surface area contributed by atoms with Gasteiger partial charge in [0.2, 0.25) is 11.8 Å². The van der Waals surface area contributed by atoms with Crippen molar-refractivity contribution in [2.75, 3.05) is 14.2 Å². The monoisotopic (exact) mass is 304 g/mol. The molecule has 0 spiro atoms. The molecule has 1 aromatic rings. The first-order chi connectivity index (χ1) is 10.6. The molecule has 2 heterocycles. The second-order valence-corrected chi connectivity index (χ2v) is 5.32. The van der Waals surface area contributed by atoms with E-state index in [1.165, 1.54) is 7.11 Å². The Bertz CT molecular complexity index is 627. The minimum absolute atomic E-state index is 0.366. The Kier molecular flexibility index (Phi) is 3.58. The molecule has 0 saturated carbocycles. The maximum absolute atomic E-state index is 12.1. The summed E-state index contributed by atoms with van der Waals surface area (Å²) in [6.45, 7) is 0. The molecule has 3 rings (SSSR count). The molecule has 1 aromatic carbocycles. The quantitative estimate of drug-likeness (QED) is 0.592. The fourth-order valence-corrected chi connectivity index (χ4v) is 3.19. The summed E-state index contributed by atoms with van der Waals surface area (Å²) in [5, 5.41) is 5.36. The number of nitrogens with one attached hydrogen (secondary N) is 2. The van der Waals surface area contributed by atoms with Crippen molar-refractivity contribution in [2.45, 2.75) is 12.1 Å². The molecule has 116 valence electrons. The predicted octanol–water partition coefficient (Wildman–Crippen LogP) is -0.230. The third kappa shape index (κ3) is 2.14. The molecular formula is C15H16N2O5. The standard InChI is InChI=1S/C15H16N2O5/c1-21-8-5-3-7(4-6-8)11-9-10(14(19)17-13(9)18)12(16-11)15(20)22-2/h3-6,9-12,16H,1-2H3,(H,17,18,19)/t9-,10+,11+,12+/m1/s1. The van der Waals surface area contributed by atoms with E-state index in [-0.39, 0.29) is 5.91 Å². The van der Waals surface area contributed by atoms with Crippen molar-refractivity contribution >= 4 is 17.8 Å². The van der Waals surface area contributed by atoms with Gasteiger partial charge in [0, 0.05) is 6.04 Å². The fourth-order valence-electron chi connectivity index (χ4n) is 3.19. The van der Waals surface area contributed by atoms with Crippen LogP contribution >= 0.6 is 0 Å². The van der Waals surface area contributed by atoms with E-state index in [1.807, 2.05) is 12.1 Å². The molecule has 0 bridgehead atoms. The van der Waals surface area contributed by atoms with Crippen LogP contribution in [-0.2, 0) is 19.1 Å². The highest BCUT2D eigenvalue weighted by atomic mass is 16.5. The molecule has 7 nitrogen and oxygen atoms in total. The van der Waals surface area contributed by atoms with E-state index in [2.05, 4.69) is 10.6 Å². The van der Waals surface area contributed by atoms with Crippen LogP contribution < -0.4 is 15.4 Å². The molecule has 4 atom stereocenters. The van der Waals surface area contributed by atoms with Crippen LogP contribution in [0.5, 0.6) is 5.75 Å². The molecule has 0 aromatic heterocycles. The highest BCUT2D eigenvalue weighted by molar-refractivity contribution is 6.08. The number of carbonyl (C=O) groups is 3. The fraction of sp³-hybridized carbons (Fsp3) is 0.400. The molecule has 2 amide bonds. The van der Waals surface area contributed by atoms with Gasteiger partial charge in [-0.3, -0.25) is 25.0 Å². The van der Waals surface area contributed by atoms with Crippen LogP contribution in [0, 0.1) is 11.8 Å². The van der Waals surface area contributed by atoms with E-state index in [1.54, 1.807) is 19.2 Å². The summed E-state index contributed by atoms with van der Waals surface area (Å²) in [6.07, 6.45) is 0. The van der Waals surface area contributed by atoms with Gasteiger partial charge in [0.15, 0.2) is 0 Å². The Balaban J connectivity index is 1.95. The number of rotatable bonds is 3. The van der Waals surface area contributed by atoms with Gasteiger partial charge in [-0.25, -0.2) is 0 Å². The zero-order chi connectivity index (χ0) is 15.9. The Morgan fingerprint density at radius 2 is 1.68 bits per heavy atom. The van der Waals surface area contributed by atoms with Crippen molar-refractivity contribution in [3.63, 3.8) is 0 Å². The first-order valence-corrected chi connectivity index (χ1v) is 6.89. The maximum atomic E-state index is 12.1. The summed E-state index contributed by atoms with van der Waals surface area (Å²) < 4.78 is 9.84. The van der Waals surface area contributed by atoms with Gasteiger partial charge in [-0.15, -0.1) is 0 Å². The van der Waals surface area contributed by atoms with Crippen molar-refractivity contribution < 1.29 is 23.9 Å². The van der Waals surface area contributed by atoms with Crippen LogP contribution in [0.2, 0.25) is 0 Å². The molecular weight excluding hydrogens is 288 g/mol. The van der Waals surface area contributed by atoms with Gasteiger partial charge in [0.05, 0.1) is 26.1 Å². The van der Waals surface area contributed by atoms with Gasteiger partial charge in [0.25, 0.3) is 0 Å². The molecule has 7 heteroatoms. The minimum Gasteiger partial charge on any atom is -0.497 e. The van der Waals surface area contributed by atoms with E-state index >= 15 is 0 Å². The summed E-state index contributed by atoms with van der Waals surface area (Å²) >= 11 is 0.